The first kappa shape index (κ1) is 37.2. The van der Waals surface area contributed by atoms with Crippen molar-refractivity contribution in [3.63, 3.8) is 0 Å². The Labute approximate surface area is 314 Å². The average Bonchev–Trinajstić information content (AvgIpc) is 3.17. The van der Waals surface area contributed by atoms with Gasteiger partial charge in [0.1, 0.15) is 34.6 Å². The number of hydrogen-bond donors (Lipinski definition) is 4. The molecule has 2 saturated heterocycles. The standard InChI is InChI=1S/C38H39N3O10S2/c1-3-22-17-21(41-12-13-49-19-28(41)42)18-29(50-22)51-26-16-20(38(47)40-11-14-52-53-27-9-4-5-10-39-27)15-24-31(26)37(46)33-32(35(24)44)34(43)23-7-6-8-25(48-2)30(23)36(33)45/h1,4-10,20-22,26,28-29,42,44,46H,11-19H2,2H3,(H,40,47)/t20-,21-,22+,26?,28-,29+/m1/s1. The molecule has 53 heavy (non-hydrogen) atoms. The van der Waals surface area contributed by atoms with Gasteiger partial charge in [-0.05, 0) is 41.8 Å². The number of terminal acetylenes is 1. The molecule has 6 atom stereocenters. The number of nitrogens with one attached hydrogen (secondary N) is 1. The number of fused-ring (bicyclic) bond motifs is 3. The van der Waals surface area contributed by atoms with Crippen molar-refractivity contribution in [2.24, 2.45) is 5.92 Å². The Kier molecular flexibility index (Phi) is 11.3. The summed E-state index contributed by atoms with van der Waals surface area (Å²) in [6.45, 7) is 1.41. The van der Waals surface area contributed by atoms with Crippen molar-refractivity contribution in [3.05, 3.63) is 76.0 Å². The third kappa shape index (κ3) is 7.37. The van der Waals surface area contributed by atoms with E-state index in [4.69, 9.17) is 25.4 Å². The molecule has 13 nitrogen and oxygen atoms in total. The van der Waals surface area contributed by atoms with E-state index < -0.39 is 53.7 Å². The van der Waals surface area contributed by atoms with Crippen LogP contribution in [0.2, 0.25) is 0 Å². The highest BCUT2D eigenvalue weighted by atomic mass is 33.1. The van der Waals surface area contributed by atoms with Crippen LogP contribution in [0.1, 0.15) is 68.3 Å². The first-order valence-electron chi connectivity index (χ1n) is 17.3. The molecule has 7 rings (SSSR count). The number of carbonyl (C=O) groups is 3. The lowest BCUT2D eigenvalue weighted by molar-refractivity contribution is -0.233. The highest BCUT2D eigenvalue weighted by Gasteiger charge is 2.45. The summed E-state index contributed by atoms with van der Waals surface area (Å²) in [5, 5.41) is 38.3. The molecule has 2 aliphatic heterocycles. The smallest absolute Gasteiger partial charge is 0.223 e. The molecule has 4 N–H and O–H groups in total. The van der Waals surface area contributed by atoms with Crippen molar-refractivity contribution in [1.29, 1.82) is 0 Å². The number of hydrogen-bond acceptors (Lipinski definition) is 14. The minimum Gasteiger partial charge on any atom is -0.507 e. The second-order valence-electron chi connectivity index (χ2n) is 13.1. The second kappa shape index (κ2) is 16.1. The topological polar surface area (TPSA) is 177 Å². The van der Waals surface area contributed by atoms with E-state index in [1.165, 1.54) is 24.0 Å². The number of carbonyl (C=O) groups excluding carboxylic acids is 3. The molecule has 3 aromatic rings. The molecule has 2 fully saturated rings. The molecule has 3 heterocycles. The number of rotatable bonds is 10. The second-order valence-corrected chi connectivity index (χ2v) is 15.6. The summed E-state index contributed by atoms with van der Waals surface area (Å²) >= 11 is 0. The van der Waals surface area contributed by atoms with Crippen molar-refractivity contribution in [2.75, 3.05) is 39.2 Å². The van der Waals surface area contributed by atoms with Gasteiger partial charge in [-0.25, -0.2) is 4.98 Å². The number of amides is 1. The molecule has 0 spiro atoms. The maximum absolute atomic E-state index is 14.1. The highest BCUT2D eigenvalue weighted by Crippen LogP contribution is 2.52. The number of morpholine rings is 1. The highest BCUT2D eigenvalue weighted by molar-refractivity contribution is 8.76. The van der Waals surface area contributed by atoms with Crippen LogP contribution in [-0.4, -0.2) is 107 Å². The lowest BCUT2D eigenvalue weighted by Crippen LogP contribution is -2.54. The molecule has 15 heteroatoms. The Balaban J connectivity index is 1.20. The Bertz CT molecular complexity index is 1940. The van der Waals surface area contributed by atoms with Crippen molar-refractivity contribution < 1.29 is 48.7 Å². The van der Waals surface area contributed by atoms with Gasteiger partial charge in [-0.15, -0.1) is 6.42 Å². The van der Waals surface area contributed by atoms with Crippen LogP contribution in [0, 0.1) is 18.3 Å². The van der Waals surface area contributed by atoms with Crippen LogP contribution >= 0.6 is 21.6 Å². The Hall–Kier alpha value is -4.14. The van der Waals surface area contributed by atoms with Crippen LogP contribution in [0.3, 0.4) is 0 Å². The summed E-state index contributed by atoms with van der Waals surface area (Å²) in [6, 6.07) is 9.98. The van der Waals surface area contributed by atoms with E-state index >= 15 is 0 Å². The number of ether oxygens (including phenoxy) is 4. The summed E-state index contributed by atoms with van der Waals surface area (Å²) in [5.74, 6) is -0.0179. The first-order chi connectivity index (χ1) is 25.7. The minimum absolute atomic E-state index is 0.0221. The molecule has 1 unspecified atom stereocenters. The molecule has 0 saturated carbocycles. The molecular weight excluding hydrogens is 723 g/mol. The number of aliphatic hydroxyl groups excluding tert-OH is 1. The largest absolute Gasteiger partial charge is 0.507 e. The fourth-order valence-electron chi connectivity index (χ4n) is 7.60. The predicted octanol–water partition coefficient (Wildman–Crippen LogP) is 3.61. The number of pyridine rings is 1. The molecule has 278 valence electrons. The van der Waals surface area contributed by atoms with Crippen molar-refractivity contribution >= 4 is 39.1 Å². The van der Waals surface area contributed by atoms with Gasteiger partial charge in [0.15, 0.2) is 12.1 Å². The summed E-state index contributed by atoms with van der Waals surface area (Å²) in [5.41, 5.74) is -0.454. The first-order valence-corrected chi connectivity index (χ1v) is 19.7. The molecular formula is C38H39N3O10S2. The third-order valence-electron chi connectivity index (χ3n) is 10.1. The fourth-order valence-corrected chi connectivity index (χ4v) is 9.38. The van der Waals surface area contributed by atoms with Gasteiger partial charge in [0.2, 0.25) is 11.7 Å². The van der Waals surface area contributed by atoms with Gasteiger partial charge in [0.05, 0.1) is 43.1 Å². The van der Waals surface area contributed by atoms with Gasteiger partial charge in [-0.1, -0.05) is 34.9 Å². The number of aromatic hydroxyl groups is 2. The number of aliphatic hydroxyl groups is 1. The van der Waals surface area contributed by atoms with E-state index in [1.54, 1.807) is 29.1 Å². The number of nitrogens with zero attached hydrogens (tertiary/aromatic N) is 2. The van der Waals surface area contributed by atoms with E-state index in [-0.39, 0.29) is 70.5 Å². The predicted molar refractivity (Wildman–Crippen MR) is 195 cm³/mol. The fraction of sp³-hybridized carbons (Fsp3) is 0.421. The van der Waals surface area contributed by atoms with Crippen LogP contribution in [0.15, 0.2) is 47.6 Å². The van der Waals surface area contributed by atoms with Crippen molar-refractivity contribution in [1.82, 2.24) is 15.2 Å². The Morgan fingerprint density at radius 3 is 2.68 bits per heavy atom. The van der Waals surface area contributed by atoms with Crippen LogP contribution in [0.5, 0.6) is 17.2 Å². The zero-order valence-corrected chi connectivity index (χ0v) is 30.5. The van der Waals surface area contributed by atoms with E-state index in [0.29, 0.717) is 38.3 Å². The van der Waals surface area contributed by atoms with Gasteiger partial charge >= 0.3 is 0 Å². The van der Waals surface area contributed by atoms with E-state index in [1.807, 2.05) is 23.1 Å². The van der Waals surface area contributed by atoms with Gasteiger partial charge in [-0.3, -0.25) is 19.3 Å². The monoisotopic (exact) mass is 761 g/mol. The van der Waals surface area contributed by atoms with Crippen molar-refractivity contribution in [2.45, 2.75) is 61.5 Å². The number of ketones is 2. The molecule has 2 aromatic carbocycles. The normalized spacial score (nSPS) is 25.5. The van der Waals surface area contributed by atoms with Crippen LogP contribution < -0.4 is 10.1 Å². The van der Waals surface area contributed by atoms with Crippen molar-refractivity contribution in [3.8, 4) is 29.6 Å². The number of aromatic nitrogens is 1. The molecule has 2 aliphatic carbocycles. The molecule has 0 bridgehead atoms. The van der Waals surface area contributed by atoms with Gasteiger partial charge < -0.3 is 39.6 Å². The Morgan fingerprint density at radius 2 is 1.92 bits per heavy atom. The molecule has 4 aliphatic rings. The number of methoxy groups -OCH3 is 1. The summed E-state index contributed by atoms with van der Waals surface area (Å²) in [4.78, 5) is 47.9. The molecule has 0 radical (unpaired) electrons. The van der Waals surface area contributed by atoms with Crippen LogP contribution in [-0.2, 0) is 25.4 Å². The number of phenolic OH excluding ortho intramolecular Hbond substituents is 2. The van der Waals surface area contributed by atoms with E-state index in [2.05, 4.69) is 16.2 Å². The zero-order chi connectivity index (χ0) is 37.2. The summed E-state index contributed by atoms with van der Waals surface area (Å²) in [6.07, 6.45) is 4.80. The van der Waals surface area contributed by atoms with Crippen LogP contribution in [0.4, 0.5) is 0 Å². The Morgan fingerprint density at radius 1 is 1.09 bits per heavy atom. The van der Waals surface area contributed by atoms with Gasteiger partial charge in [0.25, 0.3) is 0 Å². The summed E-state index contributed by atoms with van der Waals surface area (Å²) in [7, 11) is 4.41. The average molecular weight is 762 g/mol. The lowest BCUT2D eigenvalue weighted by Gasteiger charge is -2.44. The SMILES string of the molecule is C#C[C@H]1C[C@@H](N2CCOC[C@H]2O)C[C@H](OC2C[C@H](C(=O)NCCSSc3ccccn3)Cc3c(O)c4c(c(O)c32)C(=O)c2c(OC)cccc2C4=O)O1. The van der Waals surface area contributed by atoms with Crippen LogP contribution in [0.25, 0.3) is 0 Å². The van der Waals surface area contributed by atoms with E-state index in [9.17, 15) is 29.7 Å². The van der Waals surface area contributed by atoms with Gasteiger partial charge in [-0.2, -0.15) is 0 Å². The number of phenols is 2. The number of benzene rings is 2. The maximum atomic E-state index is 14.1. The third-order valence-corrected chi connectivity index (χ3v) is 12.3. The zero-order valence-electron chi connectivity index (χ0n) is 28.9. The lowest BCUT2D eigenvalue weighted by atomic mass is 9.74. The molecule has 1 amide bonds. The summed E-state index contributed by atoms with van der Waals surface area (Å²) < 4.78 is 23.5. The molecule has 1 aromatic heterocycles. The maximum Gasteiger partial charge on any atom is 0.223 e. The van der Waals surface area contributed by atoms with E-state index in [0.717, 1.165) is 5.03 Å². The van der Waals surface area contributed by atoms with Gasteiger partial charge in [0, 0.05) is 66.5 Å². The quantitative estimate of drug-likeness (QED) is 0.0798. The minimum atomic E-state index is -1.06.